The third-order valence-electron chi connectivity index (χ3n) is 9.65. The molecule has 4 saturated carbocycles. The van der Waals surface area contributed by atoms with E-state index in [1.807, 2.05) is 6.21 Å². The zero-order valence-electron chi connectivity index (χ0n) is 17.8. The minimum atomic E-state index is -0.589. The first-order valence-electron chi connectivity index (χ1n) is 11.6. The Morgan fingerprint density at radius 2 is 1.89 bits per heavy atom. The first-order chi connectivity index (χ1) is 13.3. The molecule has 0 aromatic carbocycles. The Morgan fingerprint density at radius 3 is 2.68 bits per heavy atom. The molecule has 0 spiro atoms. The van der Waals surface area contributed by atoms with Gasteiger partial charge in [0.25, 0.3) is 0 Å². The molecule has 0 bridgehead atoms. The average molecular weight is 393 g/mol. The lowest BCUT2D eigenvalue weighted by Gasteiger charge is -2.63. The maximum atomic E-state index is 12.1. The molecule has 0 amide bonds. The SMILES string of the molecule is C[C@]12CC[C@H](O)C[C@H]1CCC1C2CC[C@]2(C)[C@H](/C=N/OCCCN)CC[C@]12O. The Bertz CT molecular complexity index is 598. The Morgan fingerprint density at radius 1 is 1.07 bits per heavy atom. The summed E-state index contributed by atoms with van der Waals surface area (Å²) in [7, 11) is 0. The van der Waals surface area contributed by atoms with E-state index in [9.17, 15) is 10.2 Å². The summed E-state index contributed by atoms with van der Waals surface area (Å²) in [5, 5.41) is 26.5. The summed E-state index contributed by atoms with van der Waals surface area (Å²) in [4.78, 5) is 5.38. The zero-order chi connectivity index (χ0) is 20.0. The van der Waals surface area contributed by atoms with Crippen molar-refractivity contribution in [1.29, 1.82) is 0 Å². The van der Waals surface area contributed by atoms with Crippen LogP contribution in [0.4, 0.5) is 0 Å². The smallest absolute Gasteiger partial charge is 0.118 e. The number of aliphatic hydroxyl groups excluding tert-OH is 1. The fraction of sp³-hybridized carbons (Fsp3) is 0.957. The summed E-state index contributed by atoms with van der Waals surface area (Å²) >= 11 is 0. The summed E-state index contributed by atoms with van der Waals surface area (Å²) in [6, 6.07) is 0. The van der Waals surface area contributed by atoms with Crippen molar-refractivity contribution in [2.24, 2.45) is 45.4 Å². The zero-order valence-corrected chi connectivity index (χ0v) is 17.8. The van der Waals surface area contributed by atoms with Gasteiger partial charge in [0.05, 0.1) is 11.7 Å². The standard InChI is InChI=1S/C23H40N2O3/c1-21-9-7-18(26)14-16(21)4-5-20-19(21)8-10-22(2)17(6-11-23(20,22)27)15-25-28-13-3-12-24/h15-20,26-27H,3-14,24H2,1-2H3/b25-15+/t16-,17+,18+,19?,20?,21+,22-,23+/m1/s1. The molecular formula is C23H40N2O3. The molecule has 8 atom stereocenters. The maximum Gasteiger partial charge on any atom is 0.118 e. The van der Waals surface area contributed by atoms with Crippen molar-refractivity contribution >= 4 is 6.21 Å². The van der Waals surface area contributed by atoms with Gasteiger partial charge in [-0.05, 0) is 93.9 Å². The van der Waals surface area contributed by atoms with Crippen molar-refractivity contribution in [3.63, 3.8) is 0 Å². The predicted octanol–water partition coefficient (Wildman–Crippen LogP) is 3.47. The van der Waals surface area contributed by atoms with Gasteiger partial charge in [-0.1, -0.05) is 19.0 Å². The molecule has 28 heavy (non-hydrogen) atoms. The van der Waals surface area contributed by atoms with Gasteiger partial charge in [0, 0.05) is 17.5 Å². The molecule has 0 radical (unpaired) electrons. The quantitative estimate of drug-likeness (QED) is 0.380. The van der Waals surface area contributed by atoms with E-state index in [0.29, 0.717) is 30.9 Å². The lowest BCUT2D eigenvalue weighted by Crippen LogP contribution is -2.62. The van der Waals surface area contributed by atoms with Gasteiger partial charge < -0.3 is 20.8 Å². The third kappa shape index (κ3) is 3.04. The van der Waals surface area contributed by atoms with E-state index in [4.69, 9.17) is 10.6 Å². The molecule has 0 aromatic heterocycles. The predicted molar refractivity (Wildman–Crippen MR) is 111 cm³/mol. The number of aliphatic hydroxyl groups is 2. The first kappa shape index (κ1) is 20.6. The number of hydrogen-bond acceptors (Lipinski definition) is 5. The second kappa shape index (κ2) is 7.55. The molecule has 0 saturated heterocycles. The molecule has 5 nitrogen and oxygen atoms in total. The topological polar surface area (TPSA) is 88.1 Å². The Labute approximate surface area is 170 Å². The van der Waals surface area contributed by atoms with Crippen LogP contribution < -0.4 is 5.73 Å². The molecule has 4 N–H and O–H groups in total. The van der Waals surface area contributed by atoms with Gasteiger partial charge in [0.2, 0.25) is 0 Å². The molecule has 4 rings (SSSR count). The van der Waals surface area contributed by atoms with E-state index < -0.39 is 5.60 Å². The molecular weight excluding hydrogens is 352 g/mol. The highest BCUT2D eigenvalue weighted by Gasteiger charge is 2.66. The number of hydrogen-bond donors (Lipinski definition) is 3. The highest BCUT2D eigenvalue weighted by molar-refractivity contribution is 5.63. The minimum absolute atomic E-state index is 0.105. The van der Waals surface area contributed by atoms with Crippen LogP contribution in [0.15, 0.2) is 5.16 Å². The number of nitrogens with zero attached hydrogens (tertiary/aromatic N) is 1. The second-order valence-corrected chi connectivity index (χ2v) is 10.7. The summed E-state index contributed by atoms with van der Waals surface area (Å²) in [5.41, 5.74) is 5.10. The van der Waals surface area contributed by atoms with Gasteiger partial charge >= 0.3 is 0 Å². The van der Waals surface area contributed by atoms with Crippen LogP contribution in [-0.2, 0) is 4.84 Å². The molecule has 0 aliphatic heterocycles. The van der Waals surface area contributed by atoms with Crippen LogP contribution in [0.1, 0.15) is 78.1 Å². The molecule has 0 aromatic rings. The van der Waals surface area contributed by atoms with E-state index in [1.165, 1.54) is 6.42 Å². The van der Waals surface area contributed by atoms with Crippen molar-refractivity contribution in [2.45, 2.75) is 89.8 Å². The lowest BCUT2D eigenvalue weighted by molar-refractivity contribution is -0.206. The Balaban J connectivity index is 1.52. The molecule has 4 aliphatic rings. The van der Waals surface area contributed by atoms with E-state index >= 15 is 0 Å². The molecule has 4 fully saturated rings. The molecule has 5 heteroatoms. The van der Waals surface area contributed by atoms with Crippen LogP contribution in [0.2, 0.25) is 0 Å². The number of rotatable bonds is 5. The molecule has 4 aliphatic carbocycles. The van der Waals surface area contributed by atoms with Crippen molar-refractivity contribution in [3.05, 3.63) is 0 Å². The van der Waals surface area contributed by atoms with Crippen molar-refractivity contribution in [1.82, 2.24) is 0 Å². The molecule has 0 heterocycles. The van der Waals surface area contributed by atoms with Crippen LogP contribution in [-0.4, -0.2) is 41.3 Å². The van der Waals surface area contributed by atoms with Crippen LogP contribution in [0.25, 0.3) is 0 Å². The van der Waals surface area contributed by atoms with Crippen molar-refractivity contribution in [2.75, 3.05) is 13.2 Å². The fourth-order valence-electron chi connectivity index (χ4n) is 7.80. The fourth-order valence-corrected chi connectivity index (χ4v) is 7.80. The average Bonchev–Trinajstić information content (AvgIpc) is 2.93. The lowest BCUT2D eigenvalue weighted by atomic mass is 9.43. The van der Waals surface area contributed by atoms with Crippen molar-refractivity contribution < 1.29 is 15.1 Å². The number of fused-ring (bicyclic) bond motifs is 5. The summed E-state index contributed by atoms with van der Waals surface area (Å²) < 4.78 is 0. The van der Waals surface area contributed by atoms with Gasteiger partial charge in [-0.25, -0.2) is 0 Å². The normalized spacial score (nSPS) is 50.8. The summed E-state index contributed by atoms with van der Waals surface area (Å²) in [6.07, 6.45) is 12.1. The second-order valence-electron chi connectivity index (χ2n) is 10.7. The van der Waals surface area contributed by atoms with Gasteiger partial charge in [-0.2, -0.15) is 0 Å². The highest BCUT2D eigenvalue weighted by Crippen LogP contribution is 2.68. The van der Waals surface area contributed by atoms with Gasteiger partial charge in [0.15, 0.2) is 0 Å². The van der Waals surface area contributed by atoms with Crippen molar-refractivity contribution in [3.8, 4) is 0 Å². The summed E-state index contributed by atoms with van der Waals surface area (Å²) in [5.74, 6) is 1.89. The monoisotopic (exact) mass is 392 g/mol. The van der Waals surface area contributed by atoms with E-state index in [1.54, 1.807) is 0 Å². The van der Waals surface area contributed by atoms with Gasteiger partial charge in [-0.3, -0.25) is 0 Å². The van der Waals surface area contributed by atoms with E-state index in [-0.39, 0.29) is 22.9 Å². The van der Waals surface area contributed by atoms with Gasteiger partial charge in [0.1, 0.15) is 6.61 Å². The summed E-state index contributed by atoms with van der Waals surface area (Å²) in [6.45, 7) is 5.95. The largest absolute Gasteiger partial charge is 0.396 e. The first-order valence-corrected chi connectivity index (χ1v) is 11.6. The number of nitrogens with two attached hydrogens (primary N) is 1. The molecule has 160 valence electrons. The van der Waals surface area contributed by atoms with Gasteiger partial charge in [-0.15, -0.1) is 0 Å². The minimum Gasteiger partial charge on any atom is -0.396 e. The number of oxime groups is 1. The van der Waals surface area contributed by atoms with Crippen LogP contribution in [0.5, 0.6) is 0 Å². The molecule has 2 unspecified atom stereocenters. The Hall–Kier alpha value is -0.650. The Kier molecular flexibility index (Phi) is 5.56. The van der Waals surface area contributed by atoms with E-state index in [0.717, 1.165) is 57.8 Å². The third-order valence-corrected chi connectivity index (χ3v) is 9.65. The highest BCUT2D eigenvalue weighted by atomic mass is 16.6. The van der Waals surface area contributed by atoms with Crippen LogP contribution >= 0.6 is 0 Å². The van der Waals surface area contributed by atoms with Crippen LogP contribution in [0.3, 0.4) is 0 Å². The van der Waals surface area contributed by atoms with Crippen LogP contribution in [0, 0.1) is 34.5 Å². The maximum absolute atomic E-state index is 12.1. The van der Waals surface area contributed by atoms with E-state index in [2.05, 4.69) is 19.0 Å².